The molecule has 1 aliphatic carbocycles. The zero-order valence-electron chi connectivity index (χ0n) is 16.5. The zero-order chi connectivity index (χ0) is 20.8. The Kier molecular flexibility index (Phi) is 5.26. The van der Waals surface area contributed by atoms with Gasteiger partial charge in [-0.25, -0.2) is 13.2 Å². The number of carbonyl (C=O) groups excluding carboxylic acids is 2. The lowest BCUT2D eigenvalue weighted by Gasteiger charge is -2.36. The van der Waals surface area contributed by atoms with Gasteiger partial charge >= 0.3 is 6.03 Å². The van der Waals surface area contributed by atoms with E-state index in [1.165, 1.54) is 15.3 Å². The summed E-state index contributed by atoms with van der Waals surface area (Å²) >= 11 is 0. The quantitative estimate of drug-likeness (QED) is 0.700. The minimum absolute atomic E-state index is 0.0152. The molecule has 0 unspecified atom stereocenters. The Balaban J connectivity index is 1.41. The Morgan fingerprint density at radius 1 is 1.14 bits per heavy atom. The second kappa shape index (κ2) is 7.58. The summed E-state index contributed by atoms with van der Waals surface area (Å²) in [5.74, 6) is 0.0152. The number of nitrogens with one attached hydrogen (secondary N) is 1. The molecular formula is C19H27N5O4S. The summed E-state index contributed by atoms with van der Waals surface area (Å²) in [6.45, 7) is 4.04. The van der Waals surface area contributed by atoms with E-state index >= 15 is 0 Å². The van der Waals surface area contributed by atoms with Crippen LogP contribution in [0.5, 0.6) is 0 Å². The van der Waals surface area contributed by atoms with Gasteiger partial charge in [0.05, 0.1) is 10.9 Å². The van der Waals surface area contributed by atoms with Gasteiger partial charge in [-0.1, -0.05) is 0 Å². The van der Waals surface area contributed by atoms with Gasteiger partial charge in [0.15, 0.2) is 0 Å². The van der Waals surface area contributed by atoms with E-state index in [-0.39, 0.29) is 16.8 Å². The van der Waals surface area contributed by atoms with E-state index in [2.05, 4.69) is 5.32 Å². The van der Waals surface area contributed by atoms with Crippen LogP contribution in [-0.4, -0.2) is 74.4 Å². The Bertz CT molecular complexity index is 923. The summed E-state index contributed by atoms with van der Waals surface area (Å²) in [6, 6.07) is 4.35. The number of hydrogen-bond donors (Lipinski definition) is 2. The molecule has 0 aromatic heterocycles. The number of hydrogen-bond acceptors (Lipinski definition) is 5. The second-order valence-corrected chi connectivity index (χ2v) is 9.87. The minimum Gasteiger partial charge on any atom is -0.352 e. The van der Waals surface area contributed by atoms with Crippen LogP contribution in [0.1, 0.15) is 25.3 Å². The lowest BCUT2D eigenvalue weighted by molar-refractivity contribution is -0.126. The first kappa shape index (κ1) is 20.1. The summed E-state index contributed by atoms with van der Waals surface area (Å²) in [5, 5.41) is 3.00. The van der Waals surface area contributed by atoms with Crippen molar-refractivity contribution in [1.29, 1.82) is 0 Å². The Morgan fingerprint density at radius 2 is 1.83 bits per heavy atom. The molecule has 158 valence electrons. The second-order valence-electron chi connectivity index (χ2n) is 7.93. The van der Waals surface area contributed by atoms with E-state index in [0.717, 1.165) is 18.4 Å². The minimum atomic E-state index is -3.63. The molecule has 2 heterocycles. The number of carbonyl (C=O) groups is 2. The van der Waals surface area contributed by atoms with Crippen LogP contribution in [0, 0.1) is 0 Å². The van der Waals surface area contributed by atoms with E-state index < -0.39 is 16.1 Å². The molecule has 10 heteroatoms. The summed E-state index contributed by atoms with van der Waals surface area (Å²) in [4.78, 5) is 27.4. The van der Waals surface area contributed by atoms with E-state index in [9.17, 15) is 18.0 Å². The first-order valence-corrected chi connectivity index (χ1v) is 11.5. The molecule has 2 aliphatic heterocycles. The standard InChI is InChI=1S/C19H27N5O4S/c1-13(18(25)21-15-2-3-15)22-8-10-23(11-9-22)29(27,28)16-4-5-17-14(12-16)6-7-24(17)19(20)26/h4-5,12-13,15H,2-3,6-11H2,1H3,(H2,20,26)(H,21,25)/t13-/m0/s1. The summed E-state index contributed by atoms with van der Waals surface area (Å²) in [5.41, 5.74) is 6.86. The number of nitrogens with zero attached hydrogens (tertiary/aromatic N) is 3. The molecule has 2 fully saturated rings. The van der Waals surface area contributed by atoms with Crippen molar-refractivity contribution < 1.29 is 18.0 Å². The van der Waals surface area contributed by atoms with E-state index in [4.69, 9.17) is 5.73 Å². The van der Waals surface area contributed by atoms with Crippen LogP contribution in [0.15, 0.2) is 23.1 Å². The normalized spacial score (nSPS) is 21.6. The first-order chi connectivity index (χ1) is 13.8. The van der Waals surface area contributed by atoms with Gasteiger partial charge in [-0.15, -0.1) is 0 Å². The number of urea groups is 1. The van der Waals surface area contributed by atoms with Crippen LogP contribution in [-0.2, 0) is 21.2 Å². The highest BCUT2D eigenvalue weighted by molar-refractivity contribution is 7.89. The zero-order valence-corrected chi connectivity index (χ0v) is 17.3. The fourth-order valence-electron chi connectivity index (χ4n) is 3.96. The predicted molar refractivity (Wildman–Crippen MR) is 108 cm³/mol. The molecule has 3 aliphatic rings. The van der Waals surface area contributed by atoms with Gasteiger partial charge in [0.1, 0.15) is 0 Å². The molecular weight excluding hydrogens is 394 g/mol. The summed E-state index contributed by atoms with van der Waals surface area (Å²) < 4.78 is 27.6. The Hall–Kier alpha value is -2.17. The molecule has 3 N–H and O–H groups in total. The molecule has 1 aromatic rings. The monoisotopic (exact) mass is 421 g/mol. The van der Waals surface area contributed by atoms with Gasteiger partial charge < -0.3 is 11.1 Å². The number of sulfonamides is 1. The maximum absolute atomic E-state index is 13.1. The van der Waals surface area contributed by atoms with Crippen molar-refractivity contribution in [3.05, 3.63) is 23.8 Å². The van der Waals surface area contributed by atoms with Gasteiger partial charge in [0.25, 0.3) is 0 Å². The molecule has 1 saturated carbocycles. The summed E-state index contributed by atoms with van der Waals surface area (Å²) in [7, 11) is -3.63. The predicted octanol–water partition coefficient (Wildman–Crippen LogP) is 0.101. The average molecular weight is 422 g/mol. The molecule has 0 spiro atoms. The number of nitrogens with two attached hydrogens (primary N) is 1. The molecule has 0 bridgehead atoms. The third kappa shape index (κ3) is 3.96. The van der Waals surface area contributed by atoms with E-state index in [1.807, 2.05) is 11.8 Å². The van der Waals surface area contributed by atoms with Crippen LogP contribution in [0.4, 0.5) is 10.5 Å². The Morgan fingerprint density at radius 3 is 2.45 bits per heavy atom. The highest BCUT2D eigenvalue weighted by Gasteiger charge is 2.34. The maximum atomic E-state index is 13.1. The molecule has 1 saturated heterocycles. The lowest BCUT2D eigenvalue weighted by atomic mass is 10.2. The van der Waals surface area contributed by atoms with Crippen LogP contribution in [0.2, 0.25) is 0 Å². The third-order valence-corrected chi connectivity index (χ3v) is 7.87. The van der Waals surface area contributed by atoms with Gasteiger partial charge in [-0.2, -0.15) is 4.31 Å². The van der Waals surface area contributed by atoms with Crippen LogP contribution in [0.25, 0.3) is 0 Å². The number of fused-ring (bicyclic) bond motifs is 1. The number of amides is 3. The lowest BCUT2D eigenvalue weighted by Crippen LogP contribution is -2.55. The van der Waals surface area contributed by atoms with Crippen molar-refractivity contribution >= 4 is 27.6 Å². The first-order valence-electron chi connectivity index (χ1n) is 10.0. The Labute approximate surface area is 170 Å². The molecule has 29 heavy (non-hydrogen) atoms. The molecule has 3 amide bonds. The van der Waals surface area contributed by atoms with Crippen molar-refractivity contribution in [3.8, 4) is 0 Å². The molecule has 1 atom stereocenters. The van der Waals surface area contributed by atoms with Gasteiger partial charge in [-0.3, -0.25) is 14.6 Å². The number of piperazine rings is 1. The smallest absolute Gasteiger partial charge is 0.319 e. The van der Waals surface area contributed by atoms with Crippen molar-refractivity contribution in [2.24, 2.45) is 5.73 Å². The topological polar surface area (TPSA) is 116 Å². The fourth-order valence-corrected chi connectivity index (χ4v) is 5.44. The molecule has 1 aromatic carbocycles. The largest absolute Gasteiger partial charge is 0.352 e. The highest BCUT2D eigenvalue weighted by atomic mass is 32.2. The van der Waals surface area contributed by atoms with Crippen LogP contribution < -0.4 is 16.0 Å². The van der Waals surface area contributed by atoms with Crippen molar-refractivity contribution in [2.75, 3.05) is 37.6 Å². The molecule has 0 radical (unpaired) electrons. The van der Waals surface area contributed by atoms with Crippen molar-refractivity contribution in [2.45, 2.75) is 43.2 Å². The fraction of sp³-hybridized carbons (Fsp3) is 0.579. The number of rotatable bonds is 5. The van der Waals surface area contributed by atoms with Gasteiger partial charge in [0, 0.05) is 44.5 Å². The average Bonchev–Trinajstić information content (AvgIpc) is 3.41. The third-order valence-electron chi connectivity index (χ3n) is 5.97. The van der Waals surface area contributed by atoms with Crippen molar-refractivity contribution in [3.63, 3.8) is 0 Å². The highest BCUT2D eigenvalue weighted by Crippen LogP contribution is 2.31. The SMILES string of the molecule is C[C@@H](C(=O)NC1CC1)N1CCN(S(=O)(=O)c2ccc3c(c2)CCN3C(N)=O)CC1. The number of primary amides is 1. The molecule has 4 rings (SSSR count). The number of anilines is 1. The van der Waals surface area contributed by atoms with Gasteiger partial charge in [0.2, 0.25) is 15.9 Å². The van der Waals surface area contributed by atoms with E-state index in [1.54, 1.807) is 12.1 Å². The molecule has 9 nitrogen and oxygen atoms in total. The van der Waals surface area contributed by atoms with Crippen LogP contribution in [0.3, 0.4) is 0 Å². The van der Waals surface area contributed by atoms with Crippen LogP contribution >= 0.6 is 0 Å². The van der Waals surface area contributed by atoms with E-state index in [0.29, 0.717) is 50.9 Å². The summed E-state index contributed by atoms with van der Waals surface area (Å²) in [6.07, 6.45) is 2.67. The maximum Gasteiger partial charge on any atom is 0.319 e. The van der Waals surface area contributed by atoms with Crippen molar-refractivity contribution in [1.82, 2.24) is 14.5 Å². The van der Waals surface area contributed by atoms with Gasteiger partial charge in [-0.05, 0) is 49.9 Å². The number of benzene rings is 1.